The van der Waals surface area contributed by atoms with Crippen molar-refractivity contribution in [3.05, 3.63) is 23.7 Å². The largest absolute Gasteiger partial charge is 0.462 e. The third kappa shape index (κ3) is 2.86. The number of aliphatic hydroxyl groups is 1. The Balaban J connectivity index is 1.81. The summed E-state index contributed by atoms with van der Waals surface area (Å²) in [6.07, 6.45) is 5.31. The second-order valence-electron chi connectivity index (χ2n) is 5.74. The highest BCUT2D eigenvalue weighted by molar-refractivity contribution is 5.12. The molecule has 0 amide bonds. The van der Waals surface area contributed by atoms with Crippen LogP contribution in [0.5, 0.6) is 0 Å². The van der Waals surface area contributed by atoms with Crippen LogP contribution >= 0.6 is 0 Å². The number of aliphatic hydroxyl groups excluding tert-OH is 1. The smallest absolute Gasteiger partial charge is 0.129 e. The average Bonchev–Trinajstić information content (AvgIpc) is 3.12. The van der Waals surface area contributed by atoms with Gasteiger partial charge in [0.25, 0.3) is 0 Å². The first-order valence-electron chi connectivity index (χ1n) is 7.52. The third-order valence-electron chi connectivity index (χ3n) is 4.52. The molecule has 1 aromatic rings. The predicted molar refractivity (Wildman–Crippen MR) is 73.8 cm³/mol. The first-order chi connectivity index (χ1) is 9.38. The van der Waals surface area contributed by atoms with Crippen LogP contribution in [0, 0.1) is 5.92 Å². The summed E-state index contributed by atoms with van der Waals surface area (Å²) in [6, 6.07) is 4.39. The van der Waals surface area contributed by atoms with Crippen LogP contribution in [0.15, 0.2) is 16.5 Å². The Morgan fingerprint density at radius 2 is 2.00 bits per heavy atom. The maximum absolute atomic E-state index is 9.19. The van der Waals surface area contributed by atoms with E-state index in [0.29, 0.717) is 11.8 Å². The Morgan fingerprint density at radius 1 is 1.26 bits per heavy atom. The monoisotopic (exact) mass is 264 g/mol. The second-order valence-corrected chi connectivity index (χ2v) is 5.74. The minimum Gasteiger partial charge on any atom is -0.462 e. The van der Waals surface area contributed by atoms with Gasteiger partial charge in [0.05, 0.1) is 6.04 Å². The number of hydrogen-bond acceptors (Lipinski definition) is 4. The van der Waals surface area contributed by atoms with Crippen molar-refractivity contribution in [3.63, 3.8) is 0 Å². The van der Waals surface area contributed by atoms with E-state index in [1.54, 1.807) is 0 Å². The lowest BCUT2D eigenvalue weighted by Crippen LogP contribution is -2.46. The summed E-state index contributed by atoms with van der Waals surface area (Å²) >= 11 is 0. The summed E-state index contributed by atoms with van der Waals surface area (Å²) in [5.74, 6) is 2.46. The Morgan fingerprint density at radius 3 is 2.63 bits per heavy atom. The van der Waals surface area contributed by atoms with E-state index in [-0.39, 0.29) is 6.61 Å². The van der Waals surface area contributed by atoms with E-state index in [9.17, 15) is 5.11 Å². The number of furan rings is 1. The molecule has 1 atom stereocenters. The van der Waals surface area contributed by atoms with Gasteiger partial charge in [0.2, 0.25) is 0 Å². The molecule has 2 fully saturated rings. The number of nitrogens with one attached hydrogen (secondary N) is 1. The van der Waals surface area contributed by atoms with E-state index in [4.69, 9.17) is 4.42 Å². The van der Waals surface area contributed by atoms with Crippen LogP contribution in [0.2, 0.25) is 0 Å². The van der Waals surface area contributed by atoms with Crippen molar-refractivity contribution in [1.82, 2.24) is 10.2 Å². The molecule has 1 aliphatic carbocycles. The van der Waals surface area contributed by atoms with E-state index in [1.165, 1.54) is 25.7 Å². The van der Waals surface area contributed by atoms with Gasteiger partial charge in [-0.2, -0.15) is 0 Å². The van der Waals surface area contributed by atoms with Crippen molar-refractivity contribution in [2.45, 2.75) is 38.3 Å². The molecule has 0 aromatic carbocycles. The van der Waals surface area contributed by atoms with Crippen LogP contribution in [0.4, 0.5) is 0 Å². The molecule has 106 valence electrons. The molecule has 2 heterocycles. The van der Waals surface area contributed by atoms with Crippen LogP contribution in [0.25, 0.3) is 0 Å². The fourth-order valence-electron chi connectivity index (χ4n) is 3.58. The fraction of sp³-hybridized carbons (Fsp3) is 0.733. The summed E-state index contributed by atoms with van der Waals surface area (Å²) in [5.41, 5.74) is 0. The topological polar surface area (TPSA) is 48.6 Å². The van der Waals surface area contributed by atoms with Crippen LogP contribution in [-0.2, 0) is 6.61 Å². The SMILES string of the molecule is OCc1ccc([C@H](C2CCCC2)N2CCNCC2)o1. The molecule has 0 radical (unpaired) electrons. The molecule has 4 heteroatoms. The van der Waals surface area contributed by atoms with Crippen molar-refractivity contribution in [3.8, 4) is 0 Å². The van der Waals surface area contributed by atoms with Crippen LogP contribution in [0.1, 0.15) is 43.2 Å². The maximum atomic E-state index is 9.19. The van der Waals surface area contributed by atoms with Gasteiger partial charge in [-0.1, -0.05) is 12.8 Å². The molecular formula is C15H24N2O2. The zero-order valence-corrected chi connectivity index (χ0v) is 11.5. The first-order valence-corrected chi connectivity index (χ1v) is 7.52. The number of nitrogens with zero attached hydrogens (tertiary/aromatic N) is 1. The zero-order valence-electron chi connectivity index (χ0n) is 11.5. The lowest BCUT2D eigenvalue weighted by atomic mass is 9.94. The molecule has 1 aromatic heterocycles. The number of piperazine rings is 1. The molecule has 19 heavy (non-hydrogen) atoms. The molecule has 1 saturated carbocycles. The minimum atomic E-state index is -0.00105. The minimum absolute atomic E-state index is 0.00105. The van der Waals surface area contributed by atoms with E-state index >= 15 is 0 Å². The van der Waals surface area contributed by atoms with Crippen molar-refractivity contribution >= 4 is 0 Å². The number of rotatable bonds is 4. The van der Waals surface area contributed by atoms with Crippen molar-refractivity contribution in [1.29, 1.82) is 0 Å². The summed E-state index contributed by atoms with van der Waals surface area (Å²) in [5, 5.41) is 12.6. The lowest BCUT2D eigenvalue weighted by Gasteiger charge is -2.37. The summed E-state index contributed by atoms with van der Waals surface area (Å²) in [6.45, 7) is 4.32. The van der Waals surface area contributed by atoms with Crippen LogP contribution in [-0.4, -0.2) is 36.2 Å². The van der Waals surface area contributed by atoms with Crippen molar-refractivity contribution in [2.75, 3.05) is 26.2 Å². The molecule has 0 bridgehead atoms. The molecule has 1 aliphatic heterocycles. The van der Waals surface area contributed by atoms with E-state index in [1.807, 2.05) is 6.07 Å². The van der Waals surface area contributed by atoms with E-state index in [0.717, 1.165) is 37.9 Å². The average molecular weight is 264 g/mol. The zero-order chi connectivity index (χ0) is 13.1. The Bertz CT molecular complexity index is 393. The normalized spacial score (nSPS) is 23.8. The van der Waals surface area contributed by atoms with E-state index in [2.05, 4.69) is 16.3 Å². The number of hydrogen-bond donors (Lipinski definition) is 2. The molecule has 2 aliphatic rings. The maximum Gasteiger partial charge on any atom is 0.129 e. The van der Waals surface area contributed by atoms with Gasteiger partial charge in [0.1, 0.15) is 18.1 Å². The van der Waals surface area contributed by atoms with Gasteiger partial charge >= 0.3 is 0 Å². The van der Waals surface area contributed by atoms with Crippen LogP contribution < -0.4 is 5.32 Å². The molecule has 0 spiro atoms. The first kappa shape index (κ1) is 13.2. The van der Waals surface area contributed by atoms with Gasteiger partial charge in [0, 0.05) is 26.2 Å². The summed E-state index contributed by atoms with van der Waals surface area (Å²) in [7, 11) is 0. The van der Waals surface area contributed by atoms with Crippen LogP contribution in [0.3, 0.4) is 0 Å². The molecule has 2 N–H and O–H groups in total. The lowest BCUT2D eigenvalue weighted by molar-refractivity contribution is 0.104. The molecular weight excluding hydrogens is 240 g/mol. The Hall–Kier alpha value is -0.840. The van der Waals surface area contributed by atoms with Crippen molar-refractivity contribution < 1.29 is 9.52 Å². The van der Waals surface area contributed by atoms with Crippen molar-refractivity contribution in [2.24, 2.45) is 5.92 Å². The molecule has 0 unspecified atom stereocenters. The highest BCUT2D eigenvalue weighted by atomic mass is 16.4. The third-order valence-corrected chi connectivity index (χ3v) is 4.52. The van der Waals surface area contributed by atoms with Gasteiger partial charge in [-0.25, -0.2) is 0 Å². The molecule has 4 nitrogen and oxygen atoms in total. The Labute approximate surface area is 114 Å². The summed E-state index contributed by atoms with van der Waals surface area (Å²) < 4.78 is 5.85. The summed E-state index contributed by atoms with van der Waals surface area (Å²) in [4.78, 5) is 2.56. The van der Waals surface area contributed by atoms with Gasteiger partial charge in [-0.15, -0.1) is 0 Å². The van der Waals surface area contributed by atoms with Gasteiger partial charge < -0.3 is 14.8 Å². The van der Waals surface area contributed by atoms with Gasteiger partial charge in [0.15, 0.2) is 0 Å². The molecule has 3 rings (SSSR count). The fourth-order valence-corrected chi connectivity index (χ4v) is 3.58. The highest BCUT2D eigenvalue weighted by Crippen LogP contribution is 2.40. The quantitative estimate of drug-likeness (QED) is 0.872. The van der Waals surface area contributed by atoms with Gasteiger partial charge in [-0.05, 0) is 30.9 Å². The Kier molecular flexibility index (Phi) is 4.21. The van der Waals surface area contributed by atoms with E-state index < -0.39 is 0 Å². The predicted octanol–water partition coefficient (Wildman–Crippen LogP) is 1.91. The highest BCUT2D eigenvalue weighted by Gasteiger charge is 2.33. The molecule has 1 saturated heterocycles. The van der Waals surface area contributed by atoms with Gasteiger partial charge in [-0.3, -0.25) is 4.90 Å². The second kappa shape index (κ2) is 6.07. The standard InChI is InChI=1S/C15H24N2O2/c18-11-13-5-6-14(19-13)15(12-3-1-2-4-12)17-9-7-16-8-10-17/h5-6,12,15-16,18H,1-4,7-11H2/t15-/m0/s1.